The molecule has 0 amide bonds. The van der Waals surface area contributed by atoms with Crippen molar-refractivity contribution in [1.82, 2.24) is 0 Å². The molecule has 5 heteroatoms. The summed E-state index contributed by atoms with van der Waals surface area (Å²) in [5, 5.41) is 10.3. The third-order valence-corrected chi connectivity index (χ3v) is 2.50. The van der Waals surface area contributed by atoms with E-state index in [1.807, 2.05) is 0 Å². The van der Waals surface area contributed by atoms with Gasteiger partial charge in [0.15, 0.2) is 0 Å². The number of esters is 1. The topological polar surface area (TPSA) is 72.5 Å². The Balaban J connectivity index is 2.92. The predicted octanol–water partition coefficient (Wildman–Crippen LogP) is 2.35. The molecule has 0 aromatic heterocycles. The molecule has 3 N–H and O–H groups in total. The second-order valence-electron chi connectivity index (χ2n) is 5.77. The molecule has 1 rings (SSSR count). The lowest BCUT2D eigenvalue weighted by Gasteiger charge is -2.27. The van der Waals surface area contributed by atoms with E-state index in [0.29, 0.717) is 0 Å². The number of benzene rings is 1. The maximum atomic E-state index is 13.2. The number of hydrogen-bond acceptors (Lipinski definition) is 4. The fourth-order valence-corrected chi connectivity index (χ4v) is 1.75. The molecule has 0 saturated heterocycles. The summed E-state index contributed by atoms with van der Waals surface area (Å²) in [5.74, 6) is -1.09. The van der Waals surface area contributed by atoms with Crippen molar-refractivity contribution in [3.63, 3.8) is 0 Å². The maximum absolute atomic E-state index is 13.2. The fourth-order valence-electron chi connectivity index (χ4n) is 1.75. The smallest absolute Gasteiger partial charge is 0.309 e. The summed E-state index contributed by atoms with van der Waals surface area (Å²) >= 11 is 0. The van der Waals surface area contributed by atoms with Gasteiger partial charge in [0.05, 0.1) is 12.0 Å². The molecule has 106 valence electrons. The maximum Gasteiger partial charge on any atom is 0.309 e. The SMILES string of the molecule is CC(C)(C)OC(=O)CC(C)(O)c1cc(F)ccc1N. The number of rotatable bonds is 3. The van der Waals surface area contributed by atoms with Gasteiger partial charge in [-0.15, -0.1) is 0 Å². The first kappa shape index (κ1) is 15.4. The van der Waals surface area contributed by atoms with Crippen LogP contribution < -0.4 is 5.73 Å². The third kappa shape index (κ3) is 4.52. The highest BCUT2D eigenvalue weighted by molar-refractivity contribution is 5.72. The molecule has 0 radical (unpaired) electrons. The van der Waals surface area contributed by atoms with E-state index in [0.717, 1.165) is 6.07 Å². The van der Waals surface area contributed by atoms with Gasteiger partial charge in [0.1, 0.15) is 11.4 Å². The van der Waals surface area contributed by atoms with Crippen molar-refractivity contribution in [1.29, 1.82) is 0 Å². The summed E-state index contributed by atoms with van der Waals surface area (Å²) in [6.45, 7) is 6.60. The highest BCUT2D eigenvalue weighted by Gasteiger charge is 2.31. The van der Waals surface area contributed by atoms with Crippen molar-refractivity contribution in [2.75, 3.05) is 5.73 Å². The molecule has 0 fully saturated rings. The van der Waals surface area contributed by atoms with Gasteiger partial charge in [-0.3, -0.25) is 4.79 Å². The number of carbonyl (C=O) groups is 1. The zero-order valence-corrected chi connectivity index (χ0v) is 11.7. The Morgan fingerprint density at radius 1 is 1.37 bits per heavy atom. The van der Waals surface area contributed by atoms with Gasteiger partial charge < -0.3 is 15.6 Å². The Morgan fingerprint density at radius 3 is 2.47 bits per heavy atom. The van der Waals surface area contributed by atoms with Gasteiger partial charge in [-0.1, -0.05) is 0 Å². The molecular formula is C14H20FNO3. The van der Waals surface area contributed by atoms with Crippen LogP contribution in [0.4, 0.5) is 10.1 Å². The van der Waals surface area contributed by atoms with Gasteiger partial charge >= 0.3 is 5.97 Å². The van der Waals surface area contributed by atoms with E-state index in [1.165, 1.54) is 19.1 Å². The molecule has 0 aliphatic rings. The molecule has 1 atom stereocenters. The van der Waals surface area contributed by atoms with E-state index in [2.05, 4.69) is 0 Å². The number of nitrogens with two attached hydrogens (primary N) is 1. The monoisotopic (exact) mass is 269 g/mol. The molecule has 1 aromatic rings. The first-order valence-electron chi connectivity index (χ1n) is 6.01. The van der Waals surface area contributed by atoms with Gasteiger partial charge in [0.2, 0.25) is 0 Å². The Bertz CT molecular complexity index is 478. The zero-order chi connectivity index (χ0) is 14.8. The van der Waals surface area contributed by atoms with Crippen LogP contribution in [0.3, 0.4) is 0 Å². The molecule has 0 aliphatic heterocycles. The van der Waals surface area contributed by atoms with Crippen molar-refractivity contribution >= 4 is 11.7 Å². The first-order valence-corrected chi connectivity index (χ1v) is 6.01. The summed E-state index contributed by atoms with van der Waals surface area (Å²) in [7, 11) is 0. The van der Waals surface area contributed by atoms with Crippen LogP contribution in [0.5, 0.6) is 0 Å². The minimum atomic E-state index is -1.57. The lowest BCUT2D eigenvalue weighted by molar-refractivity contribution is -0.160. The summed E-state index contributed by atoms with van der Waals surface area (Å²) in [6, 6.07) is 3.68. The van der Waals surface area contributed by atoms with Crippen molar-refractivity contribution in [3.05, 3.63) is 29.6 Å². The van der Waals surface area contributed by atoms with Crippen molar-refractivity contribution in [2.24, 2.45) is 0 Å². The molecular weight excluding hydrogens is 249 g/mol. The molecule has 0 aliphatic carbocycles. The van der Waals surface area contributed by atoms with Gasteiger partial charge in [0.25, 0.3) is 0 Å². The summed E-state index contributed by atoms with van der Waals surface area (Å²) in [6.07, 6.45) is -0.294. The normalized spacial score (nSPS) is 14.8. The van der Waals surface area contributed by atoms with Crippen LogP contribution in [-0.4, -0.2) is 16.7 Å². The zero-order valence-electron chi connectivity index (χ0n) is 11.7. The molecule has 1 unspecified atom stereocenters. The molecule has 0 saturated carbocycles. The van der Waals surface area contributed by atoms with Crippen LogP contribution in [0.1, 0.15) is 39.7 Å². The van der Waals surface area contributed by atoms with E-state index in [4.69, 9.17) is 10.5 Å². The highest BCUT2D eigenvalue weighted by Crippen LogP contribution is 2.30. The average molecular weight is 269 g/mol. The lowest BCUT2D eigenvalue weighted by atomic mass is 9.91. The van der Waals surface area contributed by atoms with Crippen LogP contribution in [-0.2, 0) is 15.1 Å². The summed E-state index contributed by atoms with van der Waals surface area (Å²) in [5.41, 5.74) is 3.90. The van der Waals surface area contributed by atoms with Gasteiger partial charge in [-0.05, 0) is 45.9 Å². The fraction of sp³-hybridized carbons (Fsp3) is 0.500. The quantitative estimate of drug-likeness (QED) is 0.652. The van der Waals surface area contributed by atoms with E-state index >= 15 is 0 Å². The number of aliphatic hydroxyl groups is 1. The number of ether oxygens (including phenoxy) is 1. The lowest BCUT2D eigenvalue weighted by Crippen LogP contribution is -2.31. The van der Waals surface area contributed by atoms with Crippen molar-refractivity contribution in [3.8, 4) is 0 Å². The molecule has 1 aromatic carbocycles. The van der Waals surface area contributed by atoms with E-state index in [9.17, 15) is 14.3 Å². The molecule has 0 spiro atoms. The summed E-state index contributed by atoms with van der Waals surface area (Å²) < 4.78 is 18.3. The number of anilines is 1. The third-order valence-electron chi connectivity index (χ3n) is 2.50. The standard InChI is InChI=1S/C14H20FNO3/c1-13(2,3)19-12(17)8-14(4,18)10-7-9(15)5-6-11(10)16/h5-7,18H,8,16H2,1-4H3. The number of hydrogen-bond donors (Lipinski definition) is 2. The van der Waals surface area contributed by atoms with E-state index < -0.39 is 23.0 Å². The molecule has 0 heterocycles. The second-order valence-corrected chi connectivity index (χ2v) is 5.77. The minimum Gasteiger partial charge on any atom is -0.460 e. The first-order chi connectivity index (χ1) is 8.51. The molecule has 4 nitrogen and oxygen atoms in total. The number of carbonyl (C=O) groups excluding carboxylic acids is 1. The van der Waals surface area contributed by atoms with E-state index in [1.54, 1.807) is 20.8 Å². The van der Waals surface area contributed by atoms with Crippen molar-refractivity contribution in [2.45, 2.75) is 45.3 Å². The Labute approximate surface area is 112 Å². The largest absolute Gasteiger partial charge is 0.460 e. The second kappa shape index (κ2) is 5.17. The van der Waals surface area contributed by atoms with Crippen LogP contribution >= 0.6 is 0 Å². The van der Waals surface area contributed by atoms with E-state index in [-0.39, 0.29) is 17.7 Å². The predicted molar refractivity (Wildman–Crippen MR) is 70.8 cm³/mol. The van der Waals surface area contributed by atoms with Crippen LogP contribution in [0.2, 0.25) is 0 Å². The van der Waals surface area contributed by atoms with Crippen LogP contribution in [0.25, 0.3) is 0 Å². The number of halogens is 1. The van der Waals surface area contributed by atoms with Crippen LogP contribution in [0, 0.1) is 5.82 Å². The Kier molecular flexibility index (Phi) is 4.20. The molecule has 19 heavy (non-hydrogen) atoms. The Hall–Kier alpha value is -1.62. The van der Waals surface area contributed by atoms with Gasteiger partial charge in [-0.2, -0.15) is 0 Å². The number of nitrogen functional groups attached to an aromatic ring is 1. The summed E-state index contributed by atoms with van der Waals surface area (Å²) in [4.78, 5) is 11.7. The molecule has 0 bridgehead atoms. The van der Waals surface area contributed by atoms with Gasteiger partial charge in [-0.25, -0.2) is 4.39 Å². The highest BCUT2D eigenvalue weighted by atomic mass is 19.1. The average Bonchev–Trinajstić information content (AvgIpc) is 2.17. The van der Waals surface area contributed by atoms with Gasteiger partial charge in [0, 0.05) is 11.3 Å². The Morgan fingerprint density at radius 2 is 1.95 bits per heavy atom. The minimum absolute atomic E-state index is 0.179. The van der Waals surface area contributed by atoms with Crippen molar-refractivity contribution < 1.29 is 19.0 Å². The van der Waals surface area contributed by atoms with Crippen LogP contribution in [0.15, 0.2) is 18.2 Å².